The second-order valence-electron chi connectivity index (χ2n) is 7.41. The molecule has 1 heterocycles. The molecule has 29 heavy (non-hydrogen) atoms. The van der Waals surface area contributed by atoms with Crippen LogP contribution in [0.2, 0.25) is 0 Å². The normalized spacial score (nSPS) is 17.9. The number of anilines is 2. The first kappa shape index (κ1) is 18.9. The van der Waals surface area contributed by atoms with E-state index in [4.69, 9.17) is 0 Å². The molecule has 0 aliphatic carbocycles. The summed E-state index contributed by atoms with van der Waals surface area (Å²) in [4.78, 5) is 27.3. The monoisotopic (exact) mass is 386 g/mol. The van der Waals surface area contributed by atoms with Crippen LogP contribution < -0.4 is 10.2 Å². The molecule has 0 saturated carbocycles. The van der Waals surface area contributed by atoms with Crippen LogP contribution in [0.4, 0.5) is 11.4 Å². The van der Waals surface area contributed by atoms with Crippen molar-refractivity contribution in [1.82, 2.24) is 0 Å². The zero-order valence-electron chi connectivity index (χ0n) is 16.3. The van der Waals surface area contributed by atoms with Crippen LogP contribution in [0.1, 0.15) is 22.3 Å². The molecule has 146 valence electrons. The Morgan fingerprint density at radius 3 is 2.38 bits per heavy atom. The number of amides is 2. The summed E-state index contributed by atoms with van der Waals surface area (Å²) in [6.07, 6.45) is 0. The predicted octanol–water partition coefficient (Wildman–Crippen LogP) is 3.52. The van der Waals surface area contributed by atoms with Gasteiger partial charge in [-0.25, -0.2) is 0 Å². The van der Waals surface area contributed by atoms with Gasteiger partial charge in [0.2, 0.25) is 5.91 Å². The van der Waals surface area contributed by atoms with Crippen molar-refractivity contribution in [2.24, 2.45) is 0 Å². The molecule has 2 N–H and O–H groups in total. The van der Waals surface area contributed by atoms with Gasteiger partial charge in [0.1, 0.15) is 6.54 Å². The van der Waals surface area contributed by atoms with E-state index < -0.39 is 11.5 Å². The topological polar surface area (TPSA) is 69.6 Å². The maximum absolute atomic E-state index is 13.3. The van der Waals surface area contributed by atoms with Gasteiger partial charge in [0.05, 0.1) is 5.69 Å². The number of aliphatic hydroxyl groups is 1. The predicted molar refractivity (Wildman–Crippen MR) is 113 cm³/mol. The number of benzene rings is 3. The van der Waals surface area contributed by atoms with Crippen LogP contribution in [0.3, 0.4) is 0 Å². The van der Waals surface area contributed by atoms with Gasteiger partial charge in [0, 0.05) is 11.3 Å². The zero-order valence-corrected chi connectivity index (χ0v) is 16.3. The summed E-state index contributed by atoms with van der Waals surface area (Å²) in [6, 6.07) is 21.8. The Kier molecular flexibility index (Phi) is 4.68. The van der Waals surface area contributed by atoms with Crippen LogP contribution in [-0.2, 0) is 15.2 Å². The molecular weight excluding hydrogens is 364 g/mol. The Morgan fingerprint density at radius 1 is 0.966 bits per heavy atom. The van der Waals surface area contributed by atoms with Crippen LogP contribution in [0.5, 0.6) is 0 Å². The first-order valence-corrected chi connectivity index (χ1v) is 9.47. The third-order valence-corrected chi connectivity index (χ3v) is 5.18. The lowest BCUT2D eigenvalue weighted by Gasteiger charge is -2.24. The lowest BCUT2D eigenvalue weighted by Crippen LogP contribution is -2.44. The van der Waals surface area contributed by atoms with E-state index in [0.717, 1.165) is 11.1 Å². The maximum Gasteiger partial charge on any atom is 0.268 e. The van der Waals surface area contributed by atoms with Crippen molar-refractivity contribution in [3.8, 4) is 0 Å². The average molecular weight is 386 g/mol. The molecule has 0 unspecified atom stereocenters. The van der Waals surface area contributed by atoms with E-state index in [0.29, 0.717) is 22.5 Å². The van der Waals surface area contributed by atoms with Gasteiger partial charge >= 0.3 is 0 Å². The SMILES string of the molecule is Cc1cccc(NC(=O)CN2C(=O)[C@@](O)(c3cccc(C)c3)c3ccccc32)c1. The van der Waals surface area contributed by atoms with Gasteiger partial charge in [0.15, 0.2) is 5.60 Å². The fourth-order valence-corrected chi connectivity index (χ4v) is 3.81. The van der Waals surface area contributed by atoms with E-state index in [1.54, 1.807) is 42.5 Å². The van der Waals surface area contributed by atoms with Crippen LogP contribution in [-0.4, -0.2) is 23.5 Å². The molecule has 0 radical (unpaired) electrons. The molecule has 4 rings (SSSR count). The second kappa shape index (κ2) is 7.18. The molecule has 5 heteroatoms. The van der Waals surface area contributed by atoms with Crippen molar-refractivity contribution in [2.45, 2.75) is 19.4 Å². The van der Waals surface area contributed by atoms with Crippen LogP contribution in [0.15, 0.2) is 72.8 Å². The Morgan fingerprint density at radius 2 is 1.66 bits per heavy atom. The molecule has 2 amide bonds. The van der Waals surface area contributed by atoms with Gasteiger partial charge in [-0.05, 0) is 43.2 Å². The Balaban J connectivity index is 1.67. The lowest BCUT2D eigenvalue weighted by atomic mass is 9.87. The summed E-state index contributed by atoms with van der Waals surface area (Å²) < 4.78 is 0. The Bertz CT molecular complexity index is 1110. The largest absolute Gasteiger partial charge is 0.372 e. The van der Waals surface area contributed by atoms with E-state index in [-0.39, 0.29) is 12.5 Å². The molecule has 1 aliphatic rings. The van der Waals surface area contributed by atoms with Crippen molar-refractivity contribution < 1.29 is 14.7 Å². The molecule has 3 aromatic carbocycles. The lowest BCUT2D eigenvalue weighted by molar-refractivity contribution is -0.133. The van der Waals surface area contributed by atoms with E-state index in [9.17, 15) is 14.7 Å². The molecule has 1 atom stereocenters. The first-order chi connectivity index (χ1) is 13.9. The van der Waals surface area contributed by atoms with E-state index in [2.05, 4.69) is 5.32 Å². The van der Waals surface area contributed by atoms with Crippen LogP contribution >= 0.6 is 0 Å². The molecule has 0 aromatic heterocycles. The minimum Gasteiger partial charge on any atom is -0.372 e. The smallest absolute Gasteiger partial charge is 0.268 e. The highest BCUT2D eigenvalue weighted by Gasteiger charge is 2.51. The number of rotatable bonds is 4. The molecule has 0 spiro atoms. The van der Waals surface area contributed by atoms with Gasteiger partial charge in [-0.3, -0.25) is 14.5 Å². The highest BCUT2D eigenvalue weighted by molar-refractivity contribution is 6.12. The van der Waals surface area contributed by atoms with E-state index in [1.807, 2.05) is 44.2 Å². The highest BCUT2D eigenvalue weighted by Crippen LogP contribution is 2.44. The molecule has 5 nitrogen and oxygen atoms in total. The fourth-order valence-electron chi connectivity index (χ4n) is 3.81. The molecule has 0 bridgehead atoms. The quantitative estimate of drug-likeness (QED) is 0.721. The third kappa shape index (κ3) is 3.30. The number of fused-ring (bicyclic) bond motifs is 1. The second-order valence-corrected chi connectivity index (χ2v) is 7.41. The van der Waals surface area contributed by atoms with Crippen molar-refractivity contribution >= 4 is 23.2 Å². The van der Waals surface area contributed by atoms with Gasteiger partial charge < -0.3 is 10.4 Å². The van der Waals surface area contributed by atoms with Gasteiger partial charge in [-0.1, -0.05) is 60.2 Å². The van der Waals surface area contributed by atoms with Gasteiger partial charge in [0.25, 0.3) is 5.91 Å². The van der Waals surface area contributed by atoms with Crippen molar-refractivity contribution in [3.63, 3.8) is 0 Å². The van der Waals surface area contributed by atoms with Gasteiger partial charge in [-0.2, -0.15) is 0 Å². The summed E-state index contributed by atoms with van der Waals surface area (Å²) in [6.45, 7) is 3.67. The number of aryl methyl sites for hydroxylation is 2. The van der Waals surface area contributed by atoms with Crippen molar-refractivity contribution in [2.75, 3.05) is 16.8 Å². The number of hydrogen-bond acceptors (Lipinski definition) is 3. The Labute approximate surface area is 169 Å². The molecular formula is C24H22N2O3. The number of carbonyl (C=O) groups excluding carboxylic acids is 2. The third-order valence-electron chi connectivity index (χ3n) is 5.18. The molecule has 0 saturated heterocycles. The molecule has 3 aromatic rings. The number of nitrogens with one attached hydrogen (secondary N) is 1. The number of nitrogens with zero attached hydrogens (tertiary/aromatic N) is 1. The fraction of sp³-hybridized carbons (Fsp3) is 0.167. The number of carbonyl (C=O) groups is 2. The van der Waals surface area contributed by atoms with E-state index in [1.165, 1.54) is 4.90 Å². The average Bonchev–Trinajstić information content (AvgIpc) is 2.91. The van der Waals surface area contributed by atoms with Crippen molar-refractivity contribution in [3.05, 3.63) is 95.1 Å². The Hall–Kier alpha value is -3.44. The maximum atomic E-state index is 13.3. The summed E-state index contributed by atoms with van der Waals surface area (Å²) in [5.74, 6) is -0.851. The molecule has 1 aliphatic heterocycles. The number of para-hydroxylation sites is 1. The highest BCUT2D eigenvalue weighted by atomic mass is 16.3. The van der Waals surface area contributed by atoms with Crippen molar-refractivity contribution in [1.29, 1.82) is 0 Å². The minimum absolute atomic E-state index is 0.183. The van der Waals surface area contributed by atoms with Gasteiger partial charge in [-0.15, -0.1) is 0 Å². The standard InChI is InChI=1S/C24H22N2O3/c1-16-7-5-9-18(13-16)24(29)20-11-3-4-12-21(20)26(23(24)28)15-22(27)25-19-10-6-8-17(2)14-19/h3-14,29H,15H2,1-2H3,(H,25,27)/t24-/m1/s1. The molecule has 0 fully saturated rings. The summed E-state index contributed by atoms with van der Waals surface area (Å²) in [7, 11) is 0. The zero-order chi connectivity index (χ0) is 20.6. The first-order valence-electron chi connectivity index (χ1n) is 9.47. The minimum atomic E-state index is -1.81. The van der Waals surface area contributed by atoms with Crippen LogP contribution in [0.25, 0.3) is 0 Å². The van der Waals surface area contributed by atoms with Crippen LogP contribution in [0, 0.1) is 13.8 Å². The summed E-state index contributed by atoms with van der Waals surface area (Å²) in [5.41, 5.74) is 2.35. The number of hydrogen-bond donors (Lipinski definition) is 2. The summed E-state index contributed by atoms with van der Waals surface area (Å²) in [5, 5.41) is 14.3. The summed E-state index contributed by atoms with van der Waals surface area (Å²) >= 11 is 0. The van der Waals surface area contributed by atoms with E-state index >= 15 is 0 Å².